The topological polar surface area (TPSA) is 55.4 Å². The summed E-state index contributed by atoms with van der Waals surface area (Å²) >= 11 is 0. The van der Waals surface area contributed by atoms with Crippen LogP contribution in [0.4, 0.5) is 5.69 Å². The van der Waals surface area contributed by atoms with Gasteiger partial charge in [-0.05, 0) is 29.7 Å². The Morgan fingerprint density at radius 1 is 0.786 bits per heavy atom. The molecular formula is C24H23NO3. The van der Waals surface area contributed by atoms with Crippen LogP contribution >= 0.6 is 0 Å². The van der Waals surface area contributed by atoms with Gasteiger partial charge in [-0.1, -0.05) is 85.8 Å². The Kier molecular flexibility index (Phi) is 6.58. The van der Waals surface area contributed by atoms with Gasteiger partial charge in [0.25, 0.3) is 5.91 Å². The minimum absolute atomic E-state index is 0.332. The van der Waals surface area contributed by atoms with Gasteiger partial charge in [-0.2, -0.15) is 0 Å². The summed E-state index contributed by atoms with van der Waals surface area (Å²) in [7, 11) is 0. The first-order valence-electron chi connectivity index (χ1n) is 9.35. The fourth-order valence-electron chi connectivity index (χ4n) is 3.03. The highest BCUT2D eigenvalue weighted by Crippen LogP contribution is 2.27. The number of benzene rings is 3. The second-order valence-electron chi connectivity index (χ2n) is 6.44. The molecule has 4 nitrogen and oxygen atoms in total. The third kappa shape index (κ3) is 4.86. The molecule has 0 saturated carbocycles. The molecule has 3 rings (SSSR count). The standard InChI is InChI=1S/C24H23NO3/c1-2-21(23(26)25-20-16-10-5-11-17-20)28-24(27)22(18-12-6-3-7-13-18)19-14-8-4-9-15-19/h3-17,21-22H,2H2,1H3,(H,25,26)/t21-/m0/s1. The van der Waals surface area contributed by atoms with E-state index in [9.17, 15) is 9.59 Å². The van der Waals surface area contributed by atoms with Crippen molar-refractivity contribution in [2.24, 2.45) is 0 Å². The van der Waals surface area contributed by atoms with Crippen molar-refractivity contribution in [1.29, 1.82) is 0 Å². The van der Waals surface area contributed by atoms with Gasteiger partial charge < -0.3 is 10.1 Å². The number of carbonyl (C=O) groups excluding carboxylic acids is 2. The van der Waals surface area contributed by atoms with Gasteiger partial charge in [0.2, 0.25) is 0 Å². The predicted octanol–water partition coefficient (Wildman–Crippen LogP) is 4.78. The van der Waals surface area contributed by atoms with Crippen LogP contribution in [0.15, 0.2) is 91.0 Å². The molecule has 0 unspecified atom stereocenters. The molecule has 0 aliphatic rings. The van der Waals surface area contributed by atoms with Crippen LogP contribution in [-0.4, -0.2) is 18.0 Å². The Morgan fingerprint density at radius 2 is 1.25 bits per heavy atom. The van der Waals surface area contributed by atoms with Crippen molar-refractivity contribution >= 4 is 17.6 Å². The highest BCUT2D eigenvalue weighted by Gasteiger charge is 2.29. The summed E-state index contributed by atoms with van der Waals surface area (Å²) in [6, 6.07) is 28.1. The van der Waals surface area contributed by atoms with E-state index in [4.69, 9.17) is 4.74 Å². The highest BCUT2D eigenvalue weighted by molar-refractivity contribution is 5.96. The lowest BCUT2D eigenvalue weighted by atomic mass is 9.91. The van der Waals surface area contributed by atoms with E-state index in [1.54, 1.807) is 12.1 Å². The highest BCUT2D eigenvalue weighted by atomic mass is 16.5. The first-order valence-corrected chi connectivity index (χ1v) is 9.35. The third-order valence-corrected chi connectivity index (χ3v) is 4.46. The molecule has 0 radical (unpaired) electrons. The molecule has 0 aliphatic carbocycles. The molecule has 0 aliphatic heterocycles. The summed E-state index contributed by atoms with van der Waals surface area (Å²) in [5, 5.41) is 2.80. The lowest BCUT2D eigenvalue weighted by molar-refractivity contribution is -0.155. The van der Waals surface area contributed by atoms with Crippen LogP contribution in [0.3, 0.4) is 0 Å². The molecule has 1 N–H and O–H groups in total. The molecular weight excluding hydrogens is 350 g/mol. The van der Waals surface area contributed by atoms with Crippen molar-refractivity contribution < 1.29 is 14.3 Å². The molecule has 1 amide bonds. The van der Waals surface area contributed by atoms with Gasteiger partial charge in [0.05, 0.1) is 0 Å². The van der Waals surface area contributed by atoms with Crippen LogP contribution in [0, 0.1) is 0 Å². The number of hydrogen-bond acceptors (Lipinski definition) is 3. The molecule has 28 heavy (non-hydrogen) atoms. The third-order valence-electron chi connectivity index (χ3n) is 4.46. The molecule has 1 atom stereocenters. The average Bonchev–Trinajstić information content (AvgIpc) is 2.74. The largest absolute Gasteiger partial charge is 0.452 e. The maximum absolute atomic E-state index is 13.1. The number of carbonyl (C=O) groups is 2. The van der Waals surface area contributed by atoms with E-state index in [0.717, 1.165) is 11.1 Å². The molecule has 0 bridgehead atoms. The second kappa shape index (κ2) is 9.51. The van der Waals surface area contributed by atoms with Crippen LogP contribution in [0.5, 0.6) is 0 Å². The van der Waals surface area contributed by atoms with Crippen LogP contribution in [-0.2, 0) is 14.3 Å². The van der Waals surface area contributed by atoms with E-state index in [-0.39, 0.29) is 5.91 Å². The van der Waals surface area contributed by atoms with Gasteiger partial charge in [0.15, 0.2) is 6.10 Å². The maximum atomic E-state index is 13.1. The quantitative estimate of drug-likeness (QED) is 0.607. The van der Waals surface area contributed by atoms with Crippen molar-refractivity contribution in [2.45, 2.75) is 25.4 Å². The van der Waals surface area contributed by atoms with Gasteiger partial charge in [0.1, 0.15) is 5.92 Å². The SMILES string of the molecule is CC[C@H](OC(=O)C(c1ccccc1)c1ccccc1)C(=O)Nc1ccccc1. The average molecular weight is 373 g/mol. The van der Waals surface area contributed by atoms with Gasteiger partial charge >= 0.3 is 5.97 Å². The number of nitrogens with one attached hydrogen (secondary N) is 1. The number of esters is 1. The molecule has 0 aromatic heterocycles. The van der Waals surface area contributed by atoms with Gasteiger partial charge in [-0.3, -0.25) is 9.59 Å². The Labute approximate surface area is 165 Å². The fraction of sp³-hybridized carbons (Fsp3) is 0.167. The van der Waals surface area contributed by atoms with Crippen LogP contribution in [0.1, 0.15) is 30.4 Å². The van der Waals surface area contributed by atoms with Gasteiger partial charge in [-0.15, -0.1) is 0 Å². The Balaban J connectivity index is 1.79. The smallest absolute Gasteiger partial charge is 0.318 e. The van der Waals surface area contributed by atoms with E-state index in [1.165, 1.54) is 0 Å². The van der Waals surface area contributed by atoms with Crippen LogP contribution in [0.25, 0.3) is 0 Å². The zero-order chi connectivity index (χ0) is 19.8. The number of hydrogen-bond donors (Lipinski definition) is 1. The van der Waals surface area contributed by atoms with Crippen molar-refractivity contribution in [1.82, 2.24) is 0 Å². The molecule has 0 saturated heterocycles. The zero-order valence-electron chi connectivity index (χ0n) is 15.7. The number of anilines is 1. The second-order valence-corrected chi connectivity index (χ2v) is 6.44. The predicted molar refractivity (Wildman–Crippen MR) is 110 cm³/mol. The fourth-order valence-corrected chi connectivity index (χ4v) is 3.03. The van der Waals surface area contributed by atoms with Crippen molar-refractivity contribution in [3.05, 3.63) is 102 Å². The van der Waals surface area contributed by atoms with Crippen LogP contribution in [0.2, 0.25) is 0 Å². The summed E-state index contributed by atoms with van der Waals surface area (Å²) in [5.41, 5.74) is 2.33. The van der Waals surface area contributed by atoms with E-state index in [0.29, 0.717) is 12.1 Å². The Morgan fingerprint density at radius 3 is 1.71 bits per heavy atom. The number of rotatable bonds is 7. The number of para-hydroxylation sites is 1. The molecule has 0 spiro atoms. The van der Waals surface area contributed by atoms with Crippen LogP contribution < -0.4 is 5.32 Å². The van der Waals surface area contributed by atoms with Crippen molar-refractivity contribution in [3.63, 3.8) is 0 Å². The van der Waals surface area contributed by atoms with Crippen molar-refractivity contribution in [3.8, 4) is 0 Å². The molecule has 142 valence electrons. The Bertz CT molecular complexity index is 855. The monoisotopic (exact) mass is 373 g/mol. The van der Waals surface area contributed by atoms with E-state index >= 15 is 0 Å². The minimum Gasteiger partial charge on any atom is -0.452 e. The van der Waals surface area contributed by atoms with Gasteiger partial charge in [0, 0.05) is 5.69 Å². The summed E-state index contributed by atoms with van der Waals surface area (Å²) < 4.78 is 5.65. The minimum atomic E-state index is -0.859. The lowest BCUT2D eigenvalue weighted by Gasteiger charge is -2.21. The lowest BCUT2D eigenvalue weighted by Crippen LogP contribution is -2.34. The number of ether oxygens (including phenoxy) is 1. The molecule has 3 aromatic rings. The summed E-state index contributed by atoms with van der Waals surface area (Å²) in [5.74, 6) is -1.35. The van der Waals surface area contributed by atoms with E-state index in [2.05, 4.69) is 5.32 Å². The van der Waals surface area contributed by atoms with Gasteiger partial charge in [-0.25, -0.2) is 0 Å². The number of amides is 1. The normalized spacial score (nSPS) is 11.6. The zero-order valence-corrected chi connectivity index (χ0v) is 15.7. The van der Waals surface area contributed by atoms with E-state index < -0.39 is 18.0 Å². The van der Waals surface area contributed by atoms with Crippen molar-refractivity contribution in [2.75, 3.05) is 5.32 Å². The summed E-state index contributed by atoms with van der Waals surface area (Å²) in [6.45, 7) is 1.82. The molecule has 4 heteroatoms. The maximum Gasteiger partial charge on any atom is 0.318 e. The molecule has 0 fully saturated rings. The molecule has 0 heterocycles. The molecule has 3 aromatic carbocycles. The first kappa shape index (κ1) is 19.4. The first-order chi connectivity index (χ1) is 13.7. The summed E-state index contributed by atoms with van der Waals surface area (Å²) in [4.78, 5) is 25.7. The summed E-state index contributed by atoms with van der Waals surface area (Å²) in [6.07, 6.45) is -0.469. The Hall–Kier alpha value is -3.40. The van der Waals surface area contributed by atoms with E-state index in [1.807, 2.05) is 85.8 Å².